The Morgan fingerprint density at radius 3 is 2.75 bits per heavy atom. The lowest BCUT2D eigenvalue weighted by Gasteiger charge is -2.12. The molecular weight excluding hydrogens is 398 g/mol. The van der Waals surface area contributed by atoms with Gasteiger partial charge in [0.05, 0.1) is 23.2 Å². The van der Waals surface area contributed by atoms with E-state index in [4.69, 9.17) is 0 Å². The molecule has 1 aliphatic heterocycles. The van der Waals surface area contributed by atoms with Crippen LogP contribution >= 0.6 is 11.3 Å². The maximum Gasteiger partial charge on any atom is 0.263 e. The highest BCUT2D eigenvalue weighted by Gasteiger charge is 2.29. The molecule has 0 spiro atoms. The van der Waals surface area contributed by atoms with Gasteiger partial charge >= 0.3 is 0 Å². The van der Waals surface area contributed by atoms with Gasteiger partial charge in [0.15, 0.2) is 9.84 Å². The number of rotatable bonds is 4. The van der Waals surface area contributed by atoms with Gasteiger partial charge in [0.2, 0.25) is 5.91 Å². The molecule has 0 saturated carbocycles. The lowest BCUT2D eigenvalue weighted by Crippen LogP contribution is -2.39. The lowest BCUT2D eigenvalue weighted by atomic mass is 10.1. The summed E-state index contributed by atoms with van der Waals surface area (Å²) in [7, 11) is -3.08. The van der Waals surface area contributed by atoms with Gasteiger partial charge in [-0.05, 0) is 18.9 Å². The molecular formula is C19H19N3O4S2. The molecule has 3 aromatic rings. The van der Waals surface area contributed by atoms with Crippen molar-refractivity contribution in [1.82, 2.24) is 14.9 Å². The van der Waals surface area contributed by atoms with Gasteiger partial charge in [-0.15, -0.1) is 11.3 Å². The molecule has 9 heteroatoms. The van der Waals surface area contributed by atoms with Crippen molar-refractivity contribution in [1.29, 1.82) is 0 Å². The lowest BCUT2D eigenvalue weighted by molar-refractivity contribution is -0.122. The number of amides is 1. The number of hydrogen-bond acceptors (Lipinski definition) is 6. The molecule has 0 aliphatic carbocycles. The minimum atomic E-state index is -3.08. The van der Waals surface area contributed by atoms with E-state index in [-0.39, 0.29) is 23.6 Å². The summed E-state index contributed by atoms with van der Waals surface area (Å²) in [6, 6.07) is 7.49. The highest BCUT2D eigenvalue weighted by molar-refractivity contribution is 7.91. The molecule has 28 heavy (non-hydrogen) atoms. The summed E-state index contributed by atoms with van der Waals surface area (Å²) in [5, 5.41) is 5.10. The average Bonchev–Trinajstić information content (AvgIpc) is 3.21. The normalized spacial score (nSPS) is 18.4. The van der Waals surface area contributed by atoms with E-state index in [1.165, 1.54) is 22.2 Å². The summed E-state index contributed by atoms with van der Waals surface area (Å²) in [5.74, 6) is -0.356. The molecule has 7 nitrogen and oxygen atoms in total. The third kappa shape index (κ3) is 3.72. The SMILES string of the molecule is Cc1ccc(-c2csc3ncn(CC(=O)NC4CCS(=O)(=O)C4)c(=O)c23)cc1. The van der Waals surface area contributed by atoms with E-state index in [2.05, 4.69) is 10.3 Å². The third-order valence-electron chi connectivity index (χ3n) is 4.83. The number of aryl methyl sites for hydroxylation is 1. The van der Waals surface area contributed by atoms with Gasteiger partial charge in [-0.3, -0.25) is 14.2 Å². The van der Waals surface area contributed by atoms with Crippen molar-refractivity contribution in [2.75, 3.05) is 11.5 Å². The van der Waals surface area contributed by atoms with E-state index in [1.54, 1.807) is 0 Å². The van der Waals surface area contributed by atoms with Crippen molar-refractivity contribution in [3.63, 3.8) is 0 Å². The maximum atomic E-state index is 13.0. The first-order chi connectivity index (χ1) is 13.3. The summed E-state index contributed by atoms with van der Waals surface area (Å²) in [6.45, 7) is 1.81. The third-order valence-corrected chi connectivity index (χ3v) is 7.49. The number of carbonyl (C=O) groups is 1. The summed E-state index contributed by atoms with van der Waals surface area (Å²) < 4.78 is 24.3. The zero-order valence-electron chi connectivity index (χ0n) is 15.2. The summed E-state index contributed by atoms with van der Waals surface area (Å²) in [4.78, 5) is 30.2. The Bertz CT molecular complexity index is 1210. The number of nitrogens with one attached hydrogen (secondary N) is 1. The van der Waals surface area contributed by atoms with E-state index in [1.807, 2.05) is 36.6 Å². The minimum absolute atomic E-state index is 0.0486. The van der Waals surface area contributed by atoms with E-state index in [9.17, 15) is 18.0 Å². The maximum absolute atomic E-state index is 13.0. The van der Waals surface area contributed by atoms with Gasteiger partial charge in [0.25, 0.3) is 5.56 Å². The summed E-state index contributed by atoms with van der Waals surface area (Å²) >= 11 is 1.39. The highest BCUT2D eigenvalue weighted by atomic mass is 32.2. The van der Waals surface area contributed by atoms with Crippen LogP contribution < -0.4 is 10.9 Å². The minimum Gasteiger partial charge on any atom is -0.351 e. The molecule has 1 aliphatic rings. The number of thiophene rings is 1. The molecule has 1 amide bonds. The van der Waals surface area contributed by atoms with Crippen LogP contribution in [-0.2, 0) is 21.2 Å². The summed E-state index contributed by atoms with van der Waals surface area (Å²) in [6.07, 6.45) is 1.77. The molecule has 4 rings (SSSR count). The Kier molecular flexibility index (Phi) is 4.80. The highest BCUT2D eigenvalue weighted by Crippen LogP contribution is 2.30. The molecule has 0 radical (unpaired) electrons. The second-order valence-corrected chi connectivity index (χ2v) is 10.1. The Morgan fingerprint density at radius 1 is 1.32 bits per heavy atom. The predicted molar refractivity (Wildman–Crippen MR) is 109 cm³/mol. The topological polar surface area (TPSA) is 98.1 Å². The second-order valence-electron chi connectivity index (χ2n) is 7.04. The molecule has 1 saturated heterocycles. The fourth-order valence-electron chi connectivity index (χ4n) is 3.36. The average molecular weight is 418 g/mol. The number of nitrogens with zero attached hydrogens (tertiary/aromatic N) is 2. The van der Waals surface area contributed by atoms with Crippen LogP contribution in [0, 0.1) is 6.92 Å². The second kappa shape index (κ2) is 7.14. The first kappa shape index (κ1) is 18.8. The van der Waals surface area contributed by atoms with Crippen LogP contribution in [0.5, 0.6) is 0 Å². The summed E-state index contributed by atoms with van der Waals surface area (Å²) in [5.41, 5.74) is 2.57. The quantitative estimate of drug-likeness (QED) is 0.697. The first-order valence-electron chi connectivity index (χ1n) is 8.86. The molecule has 146 valence electrons. The fourth-order valence-corrected chi connectivity index (χ4v) is 5.94. The molecule has 1 N–H and O–H groups in total. The van der Waals surface area contributed by atoms with Crippen molar-refractivity contribution in [3.05, 3.63) is 51.9 Å². The number of aromatic nitrogens is 2. The van der Waals surface area contributed by atoms with Gasteiger partial charge in [0, 0.05) is 17.0 Å². The van der Waals surface area contributed by atoms with Gasteiger partial charge in [0.1, 0.15) is 11.4 Å². The number of carbonyl (C=O) groups excluding carboxylic acids is 1. The Hall–Kier alpha value is -2.52. The van der Waals surface area contributed by atoms with Crippen molar-refractivity contribution in [2.45, 2.75) is 25.9 Å². The van der Waals surface area contributed by atoms with Crippen LogP contribution in [0.25, 0.3) is 21.3 Å². The van der Waals surface area contributed by atoms with Crippen molar-refractivity contribution in [2.24, 2.45) is 0 Å². The van der Waals surface area contributed by atoms with Crippen LogP contribution in [0.2, 0.25) is 0 Å². The number of benzene rings is 1. The van der Waals surface area contributed by atoms with E-state index in [0.717, 1.165) is 16.7 Å². The van der Waals surface area contributed by atoms with Crippen molar-refractivity contribution >= 4 is 37.3 Å². The molecule has 3 heterocycles. The van der Waals surface area contributed by atoms with E-state index < -0.39 is 21.8 Å². The first-order valence-corrected chi connectivity index (χ1v) is 11.6. The molecule has 1 fully saturated rings. The van der Waals surface area contributed by atoms with Gasteiger partial charge < -0.3 is 5.32 Å². The van der Waals surface area contributed by atoms with E-state index >= 15 is 0 Å². The van der Waals surface area contributed by atoms with Crippen molar-refractivity contribution < 1.29 is 13.2 Å². The number of fused-ring (bicyclic) bond motifs is 1. The van der Waals surface area contributed by atoms with Crippen LogP contribution in [0.3, 0.4) is 0 Å². The molecule has 1 aromatic carbocycles. The predicted octanol–water partition coefficient (Wildman–Crippen LogP) is 1.74. The van der Waals surface area contributed by atoms with Gasteiger partial charge in [-0.2, -0.15) is 0 Å². The Labute approximate surface area is 166 Å². The van der Waals surface area contributed by atoms with Gasteiger partial charge in [-0.1, -0.05) is 29.8 Å². The van der Waals surface area contributed by atoms with Crippen LogP contribution in [0.15, 0.2) is 40.8 Å². The number of hydrogen-bond donors (Lipinski definition) is 1. The van der Waals surface area contributed by atoms with Gasteiger partial charge in [-0.25, -0.2) is 13.4 Å². The molecule has 1 atom stereocenters. The monoisotopic (exact) mass is 417 g/mol. The number of sulfone groups is 1. The van der Waals surface area contributed by atoms with Crippen LogP contribution in [-0.4, -0.2) is 41.4 Å². The molecule has 2 aromatic heterocycles. The molecule has 1 unspecified atom stereocenters. The van der Waals surface area contributed by atoms with Crippen molar-refractivity contribution in [3.8, 4) is 11.1 Å². The Morgan fingerprint density at radius 2 is 2.07 bits per heavy atom. The largest absolute Gasteiger partial charge is 0.351 e. The zero-order valence-corrected chi connectivity index (χ0v) is 16.8. The van der Waals surface area contributed by atoms with Crippen LogP contribution in [0.1, 0.15) is 12.0 Å². The molecule has 0 bridgehead atoms. The van der Waals surface area contributed by atoms with E-state index in [0.29, 0.717) is 16.6 Å². The fraction of sp³-hybridized carbons (Fsp3) is 0.316. The van der Waals surface area contributed by atoms with Crippen LogP contribution in [0.4, 0.5) is 0 Å². The standard InChI is InChI=1S/C19H19N3O4S2/c1-12-2-4-13(5-3-12)15-9-27-18-17(15)19(24)22(11-20-18)8-16(23)21-14-6-7-28(25,26)10-14/h2-5,9,11,14H,6-8,10H2,1H3,(H,21,23). The smallest absolute Gasteiger partial charge is 0.263 e. The Balaban J connectivity index is 1.61. The zero-order chi connectivity index (χ0) is 19.9.